The van der Waals surface area contributed by atoms with E-state index in [1.807, 2.05) is 31.2 Å². The third kappa shape index (κ3) is 2.81. The van der Waals surface area contributed by atoms with Crippen LogP contribution in [0.1, 0.15) is 31.2 Å². The normalized spacial score (nSPS) is 17.2. The summed E-state index contributed by atoms with van der Waals surface area (Å²) in [6.07, 6.45) is 2.28. The summed E-state index contributed by atoms with van der Waals surface area (Å²) in [7, 11) is 0. The van der Waals surface area contributed by atoms with E-state index in [-0.39, 0.29) is 11.8 Å². The van der Waals surface area contributed by atoms with Crippen LogP contribution in [0.3, 0.4) is 0 Å². The number of benzene rings is 1. The second kappa shape index (κ2) is 4.35. The number of hydrogen-bond acceptors (Lipinski definition) is 1. The lowest BCUT2D eigenvalue weighted by atomic mass is 10.0. The van der Waals surface area contributed by atoms with E-state index in [0.29, 0.717) is 6.04 Å². The highest BCUT2D eigenvalue weighted by atomic mass is 79.9. The second-order valence-corrected chi connectivity index (χ2v) is 4.97. The number of carbonyl (C=O) groups is 1. The molecule has 0 saturated heterocycles. The minimum absolute atomic E-state index is 0.0568. The van der Waals surface area contributed by atoms with Crippen molar-refractivity contribution in [2.45, 2.75) is 31.7 Å². The molecule has 3 heteroatoms. The molecule has 1 aliphatic carbocycles. The Kier molecular flexibility index (Phi) is 3.10. The Morgan fingerprint density at radius 3 is 2.53 bits per heavy atom. The van der Waals surface area contributed by atoms with Gasteiger partial charge >= 0.3 is 0 Å². The van der Waals surface area contributed by atoms with E-state index in [4.69, 9.17) is 0 Å². The van der Waals surface area contributed by atoms with Crippen LogP contribution in [0.2, 0.25) is 0 Å². The van der Waals surface area contributed by atoms with Gasteiger partial charge in [-0.2, -0.15) is 0 Å². The van der Waals surface area contributed by atoms with Gasteiger partial charge in [-0.15, -0.1) is 0 Å². The maximum absolute atomic E-state index is 11.8. The topological polar surface area (TPSA) is 29.1 Å². The maximum Gasteiger partial charge on any atom is 0.227 e. The zero-order valence-corrected chi connectivity index (χ0v) is 10.3. The fourth-order valence-corrected chi connectivity index (χ4v) is 1.72. The van der Waals surface area contributed by atoms with Crippen LogP contribution in [-0.2, 0) is 4.79 Å². The lowest BCUT2D eigenvalue weighted by Gasteiger charge is -2.11. The lowest BCUT2D eigenvalue weighted by Crippen LogP contribution is -2.29. The van der Waals surface area contributed by atoms with E-state index in [9.17, 15) is 4.79 Å². The summed E-state index contributed by atoms with van der Waals surface area (Å²) < 4.78 is 1.04. The molecule has 1 fully saturated rings. The molecule has 0 heterocycles. The molecule has 0 bridgehead atoms. The SMILES string of the molecule is C[C@@H](C(=O)NC1CC1)c1ccc(Br)cc1. The van der Waals surface area contributed by atoms with E-state index in [2.05, 4.69) is 21.2 Å². The summed E-state index contributed by atoms with van der Waals surface area (Å²) in [5.74, 6) is 0.0820. The van der Waals surface area contributed by atoms with Crippen molar-refractivity contribution in [3.8, 4) is 0 Å². The van der Waals surface area contributed by atoms with E-state index < -0.39 is 0 Å². The van der Waals surface area contributed by atoms with Crippen molar-refractivity contribution in [3.05, 3.63) is 34.3 Å². The van der Waals surface area contributed by atoms with Gasteiger partial charge in [-0.3, -0.25) is 4.79 Å². The predicted molar refractivity (Wildman–Crippen MR) is 63.7 cm³/mol. The van der Waals surface area contributed by atoms with Gasteiger partial charge in [0.2, 0.25) is 5.91 Å². The number of amides is 1. The van der Waals surface area contributed by atoms with Crippen LogP contribution in [-0.4, -0.2) is 11.9 Å². The average molecular weight is 268 g/mol. The van der Waals surface area contributed by atoms with E-state index in [0.717, 1.165) is 22.9 Å². The fraction of sp³-hybridized carbons (Fsp3) is 0.417. The van der Waals surface area contributed by atoms with Gasteiger partial charge in [0.15, 0.2) is 0 Å². The third-order valence-electron chi connectivity index (χ3n) is 2.69. The molecule has 2 nitrogen and oxygen atoms in total. The van der Waals surface area contributed by atoms with Crippen LogP contribution in [0.5, 0.6) is 0 Å². The maximum atomic E-state index is 11.8. The molecule has 80 valence electrons. The molecule has 1 atom stereocenters. The summed E-state index contributed by atoms with van der Waals surface area (Å²) in [6.45, 7) is 1.95. The molecule has 0 unspecified atom stereocenters. The molecule has 1 aromatic rings. The zero-order chi connectivity index (χ0) is 10.8. The highest BCUT2D eigenvalue weighted by molar-refractivity contribution is 9.10. The van der Waals surface area contributed by atoms with Gasteiger partial charge in [-0.25, -0.2) is 0 Å². The van der Waals surface area contributed by atoms with E-state index in [1.54, 1.807) is 0 Å². The summed E-state index contributed by atoms with van der Waals surface area (Å²) >= 11 is 3.38. The Labute approximate surface area is 98.2 Å². The molecular formula is C12H14BrNO. The second-order valence-electron chi connectivity index (χ2n) is 4.06. The van der Waals surface area contributed by atoms with Crippen LogP contribution in [0.25, 0.3) is 0 Å². The number of carbonyl (C=O) groups excluding carboxylic acids is 1. The lowest BCUT2D eigenvalue weighted by molar-refractivity contribution is -0.122. The smallest absolute Gasteiger partial charge is 0.227 e. The summed E-state index contributed by atoms with van der Waals surface area (Å²) in [5.41, 5.74) is 1.07. The van der Waals surface area contributed by atoms with Crippen molar-refractivity contribution < 1.29 is 4.79 Å². The molecule has 1 aromatic carbocycles. The Bertz CT molecular complexity index is 356. The molecule has 1 aliphatic rings. The van der Waals surface area contributed by atoms with Gasteiger partial charge in [-0.1, -0.05) is 28.1 Å². The Balaban J connectivity index is 2.02. The first-order valence-electron chi connectivity index (χ1n) is 5.22. The van der Waals surface area contributed by atoms with Crippen molar-refractivity contribution in [1.82, 2.24) is 5.32 Å². The zero-order valence-electron chi connectivity index (χ0n) is 8.66. The third-order valence-corrected chi connectivity index (χ3v) is 3.22. The van der Waals surface area contributed by atoms with Gasteiger partial charge in [0.1, 0.15) is 0 Å². The fourth-order valence-electron chi connectivity index (χ4n) is 1.46. The van der Waals surface area contributed by atoms with Crippen LogP contribution >= 0.6 is 15.9 Å². The average Bonchev–Trinajstić information content (AvgIpc) is 3.02. The Morgan fingerprint density at radius 1 is 1.40 bits per heavy atom. The summed E-state index contributed by atoms with van der Waals surface area (Å²) in [5, 5.41) is 3.02. The first-order valence-corrected chi connectivity index (χ1v) is 6.02. The van der Waals surface area contributed by atoms with E-state index in [1.165, 1.54) is 0 Å². The van der Waals surface area contributed by atoms with Crippen molar-refractivity contribution in [2.75, 3.05) is 0 Å². The molecule has 1 amide bonds. The Morgan fingerprint density at radius 2 is 2.00 bits per heavy atom. The van der Waals surface area contributed by atoms with Crippen LogP contribution < -0.4 is 5.32 Å². The number of halogens is 1. The minimum atomic E-state index is -0.0568. The predicted octanol–water partition coefficient (Wildman–Crippen LogP) is 2.83. The van der Waals surface area contributed by atoms with Crippen molar-refractivity contribution in [3.63, 3.8) is 0 Å². The van der Waals surface area contributed by atoms with Gasteiger partial charge < -0.3 is 5.32 Å². The monoisotopic (exact) mass is 267 g/mol. The van der Waals surface area contributed by atoms with Crippen molar-refractivity contribution in [1.29, 1.82) is 0 Å². The quantitative estimate of drug-likeness (QED) is 0.897. The van der Waals surface area contributed by atoms with Gasteiger partial charge in [0.05, 0.1) is 5.92 Å². The molecule has 0 aromatic heterocycles. The van der Waals surface area contributed by atoms with Gasteiger partial charge in [0.25, 0.3) is 0 Å². The first kappa shape index (κ1) is 10.7. The Hall–Kier alpha value is -0.830. The van der Waals surface area contributed by atoms with Crippen LogP contribution in [0, 0.1) is 0 Å². The highest BCUT2D eigenvalue weighted by Crippen LogP contribution is 2.22. The summed E-state index contributed by atoms with van der Waals surface area (Å²) in [6, 6.07) is 8.35. The highest BCUT2D eigenvalue weighted by Gasteiger charge is 2.25. The molecular weight excluding hydrogens is 254 g/mol. The van der Waals surface area contributed by atoms with Crippen molar-refractivity contribution in [2.24, 2.45) is 0 Å². The van der Waals surface area contributed by atoms with Gasteiger partial charge in [0, 0.05) is 10.5 Å². The van der Waals surface area contributed by atoms with Crippen LogP contribution in [0.4, 0.5) is 0 Å². The molecule has 0 radical (unpaired) electrons. The van der Waals surface area contributed by atoms with Crippen LogP contribution in [0.15, 0.2) is 28.7 Å². The molecule has 0 aliphatic heterocycles. The molecule has 15 heavy (non-hydrogen) atoms. The first-order chi connectivity index (χ1) is 7.16. The number of nitrogens with one attached hydrogen (secondary N) is 1. The molecule has 0 spiro atoms. The van der Waals surface area contributed by atoms with E-state index >= 15 is 0 Å². The molecule has 1 N–H and O–H groups in total. The molecule has 2 rings (SSSR count). The van der Waals surface area contributed by atoms with Crippen molar-refractivity contribution >= 4 is 21.8 Å². The standard InChI is InChI=1S/C12H14BrNO/c1-8(12(15)14-11-6-7-11)9-2-4-10(13)5-3-9/h2-5,8,11H,6-7H2,1H3,(H,14,15)/t8-/m1/s1. The number of hydrogen-bond donors (Lipinski definition) is 1. The minimum Gasteiger partial charge on any atom is -0.353 e. The number of rotatable bonds is 3. The molecule has 1 saturated carbocycles. The van der Waals surface area contributed by atoms with Gasteiger partial charge in [-0.05, 0) is 37.5 Å². The summed E-state index contributed by atoms with van der Waals surface area (Å²) in [4.78, 5) is 11.8. The largest absolute Gasteiger partial charge is 0.353 e.